The number of hydrogen-bond acceptors (Lipinski definition) is 1. The molecule has 0 N–H and O–H groups in total. The van der Waals surface area contributed by atoms with Gasteiger partial charge < -0.3 is 0 Å². The fourth-order valence-corrected chi connectivity index (χ4v) is 1.66. The Bertz CT molecular complexity index is 223. The van der Waals surface area contributed by atoms with Crippen molar-refractivity contribution in [2.45, 2.75) is 26.2 Å². The zero-order valence-electron chi connectivity index (χ0n) is 6.80. The normalized spacial score (nSPS) is 10.0. The summed E-state index contributed by atoms with van der Waals surface area (Å²) in [6.45, 7) is 2.21. The molecule has 1 aromatic rings. The van der Waals surface area contributed by atoms with Crippen LogP contribution in [0.2, 0.25) is 0 Å². The van der Waals surface area contributed by atoms with E-state index in [2.05, 4.69) is 24.0 Å². The molecule has 1 rings (SSSR count). The van der Waals surface area contributed by atoms with Crippen LogP contribution in [0, 0.1) is 0 Å². The monoisotopic (exact) mass is 254 g/mol. The van der Waals surface area contributed by atoms with Crippen LogP contribution in [0.1, 0.15) is 25.5 Å². The summed E-state index contributed by atoms with van der Waals surface area (Å²) in [5, 5.41) is 0. The number of aromatic nitrogens is 1. The van der Waals surface area contributed by atoms with Crippen LogP contribution in [-0.2, 0) is 6.42 Å². The third-order valence-electron chi connectivity index (χ3n) is 1.60. The number of rotatable bonds is 3. The molecule has 1 nitrogen and oxygen atoms in total. The van der Waals surface area contributed by atoms with Gasteiger partial charge in [0.1, 0.15) is 0 Å². The van der Waals surface area contributed by atoms with Gasteiger partial charge in [-0.05, 0) is 0 Å². The Morgan fingerprint density at radius 1 is 1.55 bits per heavy atom. The van der Waals surface area contributed by atoms with E-state index >= 15 is 0 Å². The first kappa shape index (κ1) is 9.04. The first-order valence-electron chi connectivity index (χ1n) is 3.99. The van der Waals surface area contributed by atoms with Crippen LogP contribution in [-0.4, -0.2) is 27.5 Å². The van der Waals surface area contributed by atoms with E-state index < -0.39 is 0 Å². The van der Waals surface area contributed by atoms with Gasteiger partial charge in [0.15, 0.2) is 0 Å². The van der Waals surface area contributed by atoms with Gasteiger partial charge in [0.2, 0.25) is 0 Å². The van der Waals surface area contributed by atoms with E-state index in [0.29, 0.717) is 0 Å². The molecule has 11 heavy (non-hydrogen) atoms. The molecule has 57 valence electrons. The number of pyridine rings is 1. The maximum absolute atomic E-state index is 4.29. The van der Waals surface area contributed by atoms with Gasteiger partial charge in [-0.2, -0.15) is 0 Å². The van der Waals surface area contributed by atoms with Crippen LogP contribution in [0.5, 0.6) is 0 Å². The molecule has 0 bridgehead atoms. The van der Waals surface area contributed by atoms with E-state index in [9.17, 15) is 0 Å². The summed E-state index contributed by atoms with van der Waals surface area (Å²) >= 11 is 1.48. The number of hydrogen-bond donors (Lipinski definition) is 0. The molecule has 1 heterocycles. The van der Waals surface area contributed by atoms with Gasteiger partial charge in [0.25, 0.3) is 0 Å². The molecule has 0 amide bonds. The molecule has 0 atom stereocenters. The predicted molar refractivity (Wildman–Crippen MR) is 48.2 cm³/mol. The topological polar surface area (TPSA) is 12.9 Å². The minimum absolute atomic E-state index is 1.14. The second-order valence-corrected chi connectivity index (χ2v) is 4.29. The molecule has 0 aliphatic heterocycles. The number of aryl methyl sites for hydroxylation is 1. The van der Waals surface area contributed by atoms with Gasteiger partial charge in [0.05, 0.1) is 0 Å². The van der Waals surface area contributed by atoms with Crippen molar-refractivity contribution < 1.29 is 0 Å². The summed E-state index contributed by atoms with van der Waals surface area (Å²) in [6.07, 6.45) is 5.56. The molecule has 3 radical (unpaired) electrons. The molecule has 0 saturated heterocycles. The van der Waals surface area contributed by atoms with Crippen molar-refractivity contribution in [2.75, 3.05) is 0 Å². The van der Waals surface area contributed by atoms with Crippen LogP contribution in [0.15, 0.2) is 18.3 Å². The zero-order valence-corrected chi connectivity index (χ0v) is 9.65. The van der Waals surface area contributed by atoms with Crippen molar-refractivity contribution >= 4 is 26.1 Å². The van der Waals surface area contributed by atoms with Crippen LogP contribution >= 0.6 is 0 Å². The second kappa shape index (κ2) is 4.75. The summed E-state index contributed by atoms with van der Waals surface area (Å²) in [5.74, 6) is 0. The second-order valence-electron chi connectivity index (χ2n) is 2.64. The minimum atomic E-state index is 1.14. The summed E-state index contributed by atoms with van der Waals surface area (Å²) in [5.41, 5.74) is 1.25. The SMILES string of the molecule is CCCCc1c[c]([Sn])ccn1. The molecular weight excluding hydrogens is 241 g/mol. The van der Waals surface area contributed by atoms with Gasteiger partial charge in [0, 0.05) is 0 Å². The molecular formula is C9H12NSn. The molecule has 0 aliphatic rings. The van der Waals surface area contributed by atoms with E-state index in [1.807, 2.05) is 6.20 Å². The average molecular weight is 253 g/mol. The van der Waals surface area contributed by atoms with Crippen molar-refractivity contribution in [1.29, 1.82) is 0 Å². The van der Waals surface area contributed by atoms with Crippen LogP contribution in [0.4, 0.5) is 0 Å². The van der Waals surface area contributed by atoms with Gasteiger partial charge >= 0.3 is 81.3 Å². The van der Waals surface area contributed by atoms with Gasteiger partial charge in [-0.25, -0.2) is 0 Å². The average Bonchev–Trinajstić information content (AvgIpc) is 2.01. The zero-order chi connectivity index (χ0) is 8.10. The molecule has 0 unspecified atom stereocenters. The molecule has 1 aromatic heterocycles. The Hall–Kier alpha value is -0.0513. The first-order valence-corrected chi connectivity index (χ1v) is 5.42. The third kappa shape index (κ3) is 3.23. The molecule has 2 heteroatoms. The summed E-state index contributed by atoms with van der Waals surface area (Å²) in [4.78, 5) is 4.29. The molecule has 0 spiro atoms. The Morgan fingerprint density at radius 2 is 2.36 bits per heavy atom. The summed E-state index contributed by atoms with van der Waals surface area (Å²) in [6, 6.07) is 4.28. The standard InChI is InChI=1S/C9H12N.Sn/c1-2-3-6-9-7-4-5-8-10-9;/h5,7-8H,2-3,6H2,1H3;. The molecule has 0 aliphatic carbocycles. The van der Waals surface area contributed by atoms with E-state index in [1.165, 1.54) is 44.6 Å². The Kier molecular flexibility index (Phi) is 3.90. The summed E-state index contributed by atoms with van der Waals surface area (Å²) in [7, 11) is 0. The fraction of sp³-hybridized carbons (Fsp3) is 0.444. The number of nitrogens with zero attached hydrogens (tertiary/aromatic N) is 1. The maximum atomic E-state index is 4.29. The molecule has 0 aromatic carbocycles. The van der Waals surface area contributed by atoms with E-state index in [0.717, 1.165) is 6.42 Å². The van der Waals surface area contributed by atoms with Gasteiger partial charge in [-0.1, -0.05) is 0 Å². The Labute approximate surface area is 81.3 Å². The van der Waals surface area contributed by atoms with Crippen molar-refractivity contribution in [2.24, 2.45) is 0 Å². The van der Waals surface area contributed by atoms with Crippen molar-refractivity contribution in [1.82, 2.24) is 4.98 Å². The van der Waals surface area contributed by atoms with Crippen molar-refractivity contribution in [3.05, 3.63) is 24.0 Å². The van der Waals surface area contributed by atoms with E-state index in [1.54, 1.807) is 0 Å². The first-order chi connectivity index (χ1) is 5.33. The quantitative estimate of drug-likeness (QED) is 0.738. The Balaban J connectivity index is 2.56. The third-order valence-corrected chi connectivity index (χ3v) is 2.49. The number of unbranched alkanes of at least 4 members (excludes halogenated alkanes) is 1. The Morgan fingerprint density at radius 3 is 3.00 bits per heavy atom. The fourth-order valence-electron chi connectivity index (χ4n) is 0.973. The van der Waals surface area contributed by atoms with Crippen LogP contribution in [0.25, 0.3) is 0 Å². The van der Waals surface area contributed by atoms with Crippen molar-refractivity contribution in [3.63, 3.8) is 0 Å². The van der Waals surface area contributed by atoms with E-state index in [4.69, 9.17) is 0 Å². The predicted octanol–water partition coefficient (Wildman–Crippen LogP) is 1.22. The van der Waals surface area contributed by atoms with Gasteiger partial charge in [-0.15, -0.1) is 0 Å². The van der Waals surface area contributed by atoms with E-state index in [-0.39, 0.29) is 0 Å². The van der Waals surface area contributed by atoms with Crippen LogP contribution in [0.3, 0.4) is 0 Å². The molecule has 0 saturated carbocycles. The van der Waals surface area contributed by atoms with Gasteiger partial charge in [-0.3, -0.25) is 0 Å². The van der Waals surface area contributed by atoms with Crippen LogP contribution < -0.4 is 3.58 Å². The molecule has 0 fully saturated rings. The summed E-state index contributed by atoms with van der Waals surface area (Å²) < 4.78 is 1.40. The van der Waals surface area contributed by atoms with Crippen molar-refractivity contribution in [3.8, 4) is 0 Å².